The molecular formula is C24H32N4O2. The van der Waals surface area contributed by atoms with Crippen LogP contribution in [0.4, 0.5) is 0 Å². The van der Waals surface area contributed by atoms with Gasteiger partial charge < -0.3 is 15.9 Å². The Hall–Kier alpha value is -2.70. The molecule has 0 fully saturated rings. The Balaban J connectivity index is 0.00000256. The van der Waals surface area contributed by atoms with Crippen LogP contribution in [0.2, 0.25) is 0 Å². The van der Waals surface area contributed by atoms with Gasteiger partial charge in [-0.15, -0.1) is 0 Å². The van der Waals surface area contributed by atoms with Crippen molar-refractivity contribution < 1.29 is 4.74 Å². The molecule has 0 aliphatic carbocycles. The number of benzene rings is 1. The summed E-state index contributed by atoms with van der Waals surface area (Å²) in [5.74, 6) is 0.564. The number of pyridine rings is 2. The van der Waals surface area contributed by atoms with Crippen molar-refractivity contribution in [2.24, 2.45) is 0 Å². The second-order valence-corrected chi connectivity index (χ2v) is 7.84. The van der Waals surface area contributed by atoms with Gasteiger partial charge in [0.1, 0.15) is 5.65 Å². The zero-order valence-corrected chi connectivity index (χ0v) is 17.8. The highest BCUT2D eigenvalue weighted by atomic mass is 16.5. The topological polar surface area (TPSA) is 93.2 Å². The fourth-order valence-electron chi connectivity index (χ4n) is 4.00. The lowest BCUT2D eigenvalue weighted by atomic mass is 9.96. The Morgan fingerprint density at radius 1 is 1.10 bits per heavy atom. The summed E-state index contributed by atoms with van der Waals surface area (Å²) >= 11 is 0. The van der Waals surface area contributed by atoms with E-state index in [4.69, 9.17) is 4.74 Å². The van der Waals surface area contributed by atoms with Crippen molar-refractivity contribution in [3.05, 3.63) is 69.5 Å². The first-order chi connectivity index (χ1) is 14.2. The lowest BCUT2D eigenvalue weighted by Gasteiger charge is -2.29. The van der Waals surface area contributed by atoms with Gasteiger partial charge in [0.25, 0.3) is 0 Å². The van der Waals surface area contributed by atoms with Crippen molar-refractivity contribution in [1.29, 1.82) is 0 Å². The van der Waals surface area contributed by atoms with Crippen molar-refractivity contribution in [2.45, 2.75) is 45.6 Å². The van der Waals surface area contributed by atoms with Crippen molar-refractivity contribution in [3.8, 4) is 5.88 Å². The summed E-state index contributed by atoms with van der Waals surface area (Å²) in [4.78, 5) is 21.1. The molecular weight excluding hydrogens is 376 g/mol. The maximum absolute atomic E-state index is 11.4. The zero-order valence-electron chi connectivity index (χ0n) is 17.8. The first kappa shape index (κ1) is 22.0. The van der Waals surface area contributed by atoms with Gasteiger partial charge in [0, 0.05) is 30.6 Å². The molecule has 6 nitrogen and oxygen atoms in total. The molecule has 0 saturated carbocycles. The number of aromatic amines is 1. The van der Waals surface area contributed by atoms with Gasteiger partial charge in [-0.3, -0.25) is 9.69 Å². The number of H-pyrrole nitrogens is 1. The fraction of sp³-hybridized carbons (Fsp3) is 0.417. The molecule has 0 unspecified atom stereocenters. The first-order valence-electron chi connectivity index (χ1n) is 10.7. The van der Waals surface area contributed by atoms with E-state index >= 15 is 0 Å². The van der Waals surface area contributed by atoms with E-state index in [1.165, 1.54) is 35.6 Å². The molecule has 3 aromatic rings. The SMILES string of the molecule is CCCc1ccc2c(c1)CCN(CCCCOc1ccc3ccc(=O)[nH]c3n1)C2.N. The van der Waals surface area contributed by atoms with E-state index in [1.54, 1.807) is 6.07 Å². The molecule has 0 bridgehead atoms. The van der Waals surface area contributed by atoms with E-state index in [2.05, 4.69) is 40.0 Å². The molecule has 0 saturated heterocycles. The van der Waals surface area contributed by atoms with E-state index in [1.807, 2.05) is 12.1 Å². The number of hydrogen-bond acceptors (Lipinski definition) is 5. The summed E-state index contributed by atoms with van der Waals surface area (Å²) in [5.41, 5.74) is 4.93. The molecule has 0 amide bonds. The third-order valence-corrected chi connectivity index (χ3v) is 5.58. The fourth-order valence-corrected chi connectivity index (χ4v) is 4.00. The zero-order chi connectivity index (χ0) is 20.1. The number of fused-ring (bicyclic) bond motifs is 2. The van der Waals surface area contributed by atoms with Gasteiger partial charge in [0.05, 0.1) is 6.61 Å². The Kier molecular flexibility index (Phi) is 7.60. The Morgan fingerprint density at radius 2 is 1.97 bits per heavy atom. The van der Waals surface area contributed by atoms with Crippen LogP contribution in [0.5, 0.6) is 5.88 Å². The highest BCUT2D eigenvalue weighted by Crippen LogP contribution is 2.21. The first-order valence-corrected chi connectivity index (χ1v) is 10.7. The lowest BCUT2D eigenvalue weighted by molar-refractivity contribution is 0.233. The van der Waals surface area contributed by atoms with E-state index < -0.39 is 0 Å². The van der Waals surface area contributed by atoms with Crippen LogP contribution in [0.3, 0.4) is 0 Å². The summed E-state index contributed by atoms with van der Waals surface area (Å²) in [6.07, 6.45) is 5.64. The van der Waals surface area contributed by atoms with Crippen molar-refractivity contribution in [1.82, 2.24) is 21.0 Å². The third kappa shape index (κ3) is 5.46. The molecule has 3 heterocycles. The number of unbranched alkanes of at least 4 members (excludes halogenated alkanes) is 1. The predicted molar refractivity (Wildman–Crippen MR) is 122 cm³/mol. The normalized spacial score (nSPS) is 13.6. The minimum absolute atomic E-state index is 0. The highest BCUT2D eigenvalue weighted by Gasteiger charge is 2.16. The number of rotatable bonds is 8. The number of hydrogen-bond donors (Lipinski definition) is 2. The molecule has 2 aromatic heterocycles. The monoisotopic (exact) mass is 408 g/mol. The van der Waals surface area contributed by atoms with Gasteiger partial charge in [-0.1, -0.05) is 31.5 Å². The summed E-state index contributed by atoms with van der Waals surface area (Å²) < 4.78 is 5.78. The maximum Gasteiger partial charge on any atom is 0.249 e. The van der Waals surface area contributed by atoms with Crippen LogP contribution in [0, 0.1) is 0 Å². The van der Waals surface area contributed by atoms with Gasteiger partial charge in [-0.25, -0.2) is 0 Å². The number of aromatic nitrogens is 2. The number of aryl methyl sites for hydroxylation is 1. The molecule has 0 radical (unpaired) electrons. The van der Waals surface area contributed by atoms with E-state index in [9.17, 15) is 4.79 Å². The van der Waals surface area contributed by atoms with Gasteiger partial charge in [0.15, 0.2) is 0 Å². The summed E-state index contributed by atoms with van der Waals surface area (Å²) in [5, 5.41) is 0.907. The van der Waals surface area contributed by atoms with Crippen molar-refractivity contribution in [2.75, 3.05) is 19.7 Å². The Bertz CT molecular complexity index is 1030. The minimum Gasteiger partial charge on any atom is -0.478 e. The van der Waals surface area contributed by atoms with Gasteiger partial charge >= 0.3 is 0 Å². The number of nitrogens with one attached hydrogen (secondary N) is 1. The molecule has 30 heavy (non-hydrogen) atoms. The molecule has 1 aromatic carbocycles. The average molecular weight is 409 g/mol. The van der Waals surface area contributed by atoms with Crippen LogP contribution < -0.4 is 16.4 Å². The van der Waals surface area contributed by atoms with Crippen LogP contribution in [0.15, 0.2) is 47.3 Å². The van der Waals surface area contributed by atoms with Crippen LogP contribution in [0.25, 0.3) is 11.0 Å². The quantitative estimate of drug-likeness (QED) is 0.543. The van der Waals surface area contributed by atoms with Crippen molar-refractivity contribution >= 4 is 11.0 Å². The maximum atomic E-state index is 11.4. The molecule has 1 aliphatic heterocycles. The van der Waals surface area contributed by atoms with Gasteiger partial charge in [-0.05, 0) is 61.1 Å². The van der Waals surface area contributed by atoms with Gasteiger partial charge in [-0.2, -0.15) is 4.98 Å². The molecule has 160 valence electrons. The lowest BCUT2D eigenvalue weighted by Crippen LogP contribution is -2.31. The second-order valence-electron chi connectivity index (χ2n) is 7.84. The predicted octanol–water partition coefficient (Wildman–Crippen LogP) is 4.25. The highest BCUT2D eigenvalue weighted by molar-refractivity contribution is 5.74. The van der Waals surface area contributed by atoms with Crippen LogP contribution in [0.1, 0.15) is 42.9 Å². The average Bonchev–Trinajstić information content (AvgIpc) is 2.73. The van der Waals surface area contributed by atoms with Gasteiger partial charge in [0.2, 0.25) is 11.4 Å². The van der Waals surface area contributed by atoms with Crippen molar-refractivity contribution in [3.63, 3.8) is 0 Å². The molecule has 1 aliphatic rings. The van der Waals surface area contributed by atoms with E-state index in [-0.39, 0.29) is 11.7 Å². The summed E-state index contributed by atoms with van der Waals surface area (Å²) in [6.45, 7) is 6.17. The largest absolute Gasteiger partial charge is 0.478 e. The standard InChI is InChI=1S/C24H29N3O2.H3N/c1-2-5-18-6-7-21-17-27(14-12-20(21)16-18)13-3-4-15-29-23-11-9-19-8-10-22(28)25-24(19)26-23;/h6-11,16H,2-5,12-15,17H2,1H3,(H,25,26,28);1H3. The molecule has 4 N–H and O–H groups in total. The molecule has 0 spiro atoms. The Morgan fingerprint density at radius 3 is 2.83 bits per heavy atom. The smallest absolute Gasteiger partial charge is 0.249 e. The van der Waals surface area contributed by atoms with E-state index in [0.29, 0.717) is 18.1 Å². The summed E-state index contributed by atoms with van der Waals surface area (Å²) in [6, 6.07) is 14.1. The number of ether oxygens (including phenoxy) is 1. The second kappa shape index (κ2) is 10.4. The molecule has 6 heteroatoms. The van der Waals surface area contributed by atoms with E-state index in [0.717, 1.165) is 44.3 Å². The molecule has 4 rings (SSSR count). The summed E-state index contributed by atoms with van der Waals surface area (Å²) in [7, 11) is 0. The number of nitrogens with zero attached hydrogens (tertiary/aromatic N) is 2. The van der Waals surface area contributed by atoms with Crippen LogP contribution in [-0.4, -0.2) is 34.6 Å². The third-order valence-electron chi connectivity index (χ3n) is 5.58. The van der Waals surface area contributed by atoms with Crippen LogP contribution >= 0.6 is 0 Å². The van der Waals surface area contributed by atoms with Crippen LogP contribution in [-0.2, 0) is 19.4 Å². The Labute approximate surface area is 177 Å². The molecule has 0 atom stereocenters. The minimum atomic E-state index is -0.146.